The zero-order valence-electron chi connectivity index (χ0n) is 14.3. The van der Waals surface area contributed by atoms with Crippen molar-refractivity contribution in [3.8, 4) is 5.88 Å². The second-order valence-corrected chi connectivity index (χ2v) is 5.90. The first-order valence-electron chi connectivity index (χ1n) is 8.17. The zero-order chi connectivity index (χ0) is 18.5. The highest BCUT2D eigenvalue weighted by Crippen LogP contribution is 2.22. The van der Waals surface area contributed by atoms with Crippen LogP contribution in [0.5, 0.6) is 5.88 Å². The van der Waals surface area contributed by atoms with Gasteiger partial charge in [-0.3, -0.25) is 4.79 Å². The number of amides is 1. The number of aromatic nitrogens is 1. The molecule has 0 aliphatic rings. The van der Waals surface area contributed by atoms with Gasteiger partial charge in [0.25, 0.3) is 0 Å². The van der Waals surface area contributed by atoms with Crippen LogP contribution in [-0.2, 0) is 17.6 Å². The van der Waals surface area contributed by atoms with Crippen LogP contribution in [0.1, 0.15) is 11.3 Å². The summed E-state index contributed by atoms with van der Waals surface area (Å²) < 4.78 is 10.5. The van der Waals surface area contributed by atoms with Crippen molar-refractivity contribution in [2.24, 2.45) is 0 Å². The summed E-state index contributed by atoms with van der Waals surface area (Å²) in [6, 6.07) is 12.6. The van der Waals surface area contributed by atoms with Crippen LogP contribution in [0.2, 0.25) is 0 Å². The minimum Gasteiger partial charge on any atom is -0.481 e. The van der Waals surface area contributed by atoms with Gasteiger partial charge in [0.1, 0.15) is 5.58 Å². The summed E-state index contributed by atoms with van der Waals surface area (Å²) in [7, 11) is -0.203. The van der Waals surface area contributed by atoms with E-state index in [1.807, 2.05) is 24.3 Å². The molecule has 0 saturated carbocycles. The van der Waals surface area contributed by atoms with E-state index in [0.717, 1.165) is 10.9 Å². The highest BCUT2D eigenvalue weighted by atomic mass is 16.5. The molecule has 0 aliphatic carbocycles. The van der Waals surface area contributed by atoms with E-state index in [-0.39, 0.29) is 18.7 Å². The third-order valence-electron chi connectivity index (χ3n) is 4.04. The molecule has 1 aromatic carbocycles. The van der Waals surface area contributed by atoms with Crippen LogP contribution in [0, 0.1) is 0 Å². The summed E-state index contributed by atoms with van der Waals surface area (Å²) in [6.07, 6.45) is 1.80. The SMILES string of the molecule is COc1cccc(CC(=O)N[C@@H](Cc2coc3ccccc23)B(O)O)n1. The Kier molecular flexibility index (Phi) is 5.55. The average molecular weight is 354 g/mol. The summed E-state index contributed by atoms with van der Waals surface area (Å²) in [5.74, 6) is -0.815. The summed E-state index contributed by atoms with van der Waals surface area (Å²) in [5.41, 5.74) is 2.03. The maximum absolute atomic E-state index is 12.3. The number of pyridine rings is 1. The predicted octanol–water partition coefficient (Wildman–Crippen LogP) is 1.12. The molecule has 3 aromatic rings. The van der Waals surface area contributed by atoms with E-state index in [4.69, 9.17) is 9.15 Å². The summed E-state index contributed by atoms with van der Waals surface area (Å²) in [4.78, 5) is 16.5. The molecule has 0 fully saturated rings. The van der Waals surface area contributed by atoms with E-state index in [2.05, 4.69) is 10.3 Å². The molecule has 7 nitrogen and oxygen atoms in total. The van der Waals surface area contributed by atoms with Crippen LogP contribution in [0.4, 0.5) is 0 Å². The van der Waals surface area contributed by atoms with Gasteiger partial charge in [-0.15, -0.1) is 0 Å². The Labute approximate surface area is 150 Å². The molecule has 1 amide bonds. The topological polar surface area (TPSA) is 105 Å². The van der Waals surface area contributed by atoms with E-state index < -0.39 is 13.1 Å². The number of nitrogens with zero attached hydrogens (tertiary/aromatic N) is 1. The highest BCUT2D eigenvalue weighted by molar-refractivity contribution is 6.43. The van der Waals surface area contributed by atoms with Gasteiger partial charge in [0, 0.05) is 11.5 Å². The Balaban J connectivity index is 1.69. The number of carbonyl (C=O) groups excluding carboxylic acids is 1. The molecule has 0 aliphatic heterocycles. The lowest BCUT2D eigenvalue weighted by Gasteiger charge is -2.17. The number of rotatable bonds is 7. The van der Waals surface area contributed by atoms with Crippen molar-refractivity contribution in [2.75, 3.05) is 7.11 Å². The fraction of sp³-hybridized carbons (Fsp3) is 0.222. The quantitative estimate of drug-likeness (QED) is 0.549. The first-order chi connectivity index (χ1) is 12.6. The Bertz CT molecular complexity index is 896. The Hall–Kier alpha value is -2.84. The van der Waals surface area contributed by atoms with Crippen molar-refractivity contribution in [3.63, 3.8) is 0 Å². The summed E-state index contributed by atoms with van der Waals surface area (Å²) >= 11 is 0. The van der Waals surface area contributed by atoms with Crippen molar-refractivity contribution < 1.29 is 24.0 Å². The number of carbonyl (C=O) groups is 1. The average Bonchev–Trinajstić information content (AvgIpc) is 3.04. The fourth-order valence-electron chi connectivity index (χ4n) is 2.75. The third kappa shape index (κ3) is 4.22. The zero-order valence-corrected chi connectivity index (χ0v) is 14.3. The molecular formula is C18H19BN2O5. The number of ether oxygens (including phenoxy) is 1. The maximum atomic E-state index is 12.3. The molecule has 2 aromatic heterocycles. The first kappa shape index (κ1) is 18.0. The molecular weight excluding hydrogens is 335 g/mol. The molecule has 0 bridgehead atoms. The molecule has 1 atom stereocenters. The van der Waals surface area contributed by atoms with E-state index in [9.17, 15) is 14.8 Å². The number of methoxy groups -OCH3 is 1. The fourth-order valence-corrected chi connectivity index (χ4v) is 2.75. The van der Waals surface area contributed by atoms with Gasteiger partial charge in [-0.1, -0.05) is 24.3 Å². The molecule has 3 N–H and O–H groups in total. The summed E-state index contributed by atoms with van der Waals surface area (Å²) in [5, 5.41) is 22.8. The molecule has 0 spiro atoms. The molecule has 3 rings (SSSR count). The number of hydrogen-bond acceptors (Lipinski definition) is 6. The van der Waals surface area contributed by atoms with Crippen LogP contribution in [0.3, 0.4) is 0 Å². The van der Waals surface area contributed by atoms with Gasteiger partial charge in [-0.05, 0) is 24.1 Å². The lowest BCUT2D eigenvalue weighted by atomic mass is 9.76. The number of benzene rings is 1. The van der Waals surface area contributed by atoms with Crippen molar-refractivity contribution >= 4 is 24.0 Å². The van der Waals surface area contributed by atoms with E-state index in [1.54, 1.807) is 24.5 Å². The van der Waals surface area contributed by atoms with Gasteiger partial charge in [-0.2, -0.15) is 0 Å². The molecule has 26 heavy (non-hydrogen) atoms. The highest BCUT2D eigenvalue weighted by Gasteiger charge is 2.27. The van der Waals surface area contributed by atoms with Crippen LogP contribution >= 0.6 is 0 Å². The van der Waals surface area contributed by atoms with Gasteiger partial charge >= 0.3 is 7.12 Å². The van der Waals surface area contributed by atoms with Crippen molar-refractivity contribution in [3.05, 3.63) is 60.0 Å². The Morgan fingerprint density at radius 1 is 1.27 bits per heavy atom. The molecule has 0 saturated heterocycles. The normalized spacial score (nSPS) is 12.0. The molecule has 2 heterocycles. The first-order valence-corrected chi connectivity index (χ1v) is 8.17. The van der Waals surface area contributed by atoms with Gasteiger partial charge in [0.05, 0.1) is 31.4 Å². The standard InChI is InChI=1S/C18H19BN2O5/c1-25-18-8-4-5-13(20-18)10-17(22)21-16(19(23)24)9-12-11-26-15-7-3-2-6-14(12)15/h2-8,11,16,23-24H,9-10H2,1H3,(H,21,22)/t16-/m0/s1. The maximum Gasteiger partial charge on any atom is 0.475 e. The van der Waals surface area contributed by atoms with Crippen LogP contribution in [-0.4, -0.2) is 41.1 Å². The van der Waals surface area contributed by atoms with Gasteiger partial charge in [0.2, 0.25) is 11.8 Å². The minimum absolute atomic E-state index is 0.00650. The number of para-hydroxylation sites is 1. The molecule has 0 radical (unpaired) electrons. The number of fused-ring (bicyclic) bond motifs is 1. The minimum atomic E-state index is -1.70. The second kappa shape index (κ2) is 8.03. The number of nitrogens with one attached hydrogen (secondary N) is 1. The lowest BCUT2D eigenvalue weighted by Crippen LogP contribution is -2.48. The summed E-state index contributed by atoms with van der Waals surface area (Å²) in [6.45, 7) is 0. The Morgan fingerprint density at radius 3 is 2.85 bits per heavy atom. The molecule has 0 unspecified atom stereocenters. The van der Waals surface area contributed by atoms with Gasteiger partial charge in [0.15, 0.2) is 0 Å². The van der Waals surface area contributed by atoms with Gasteiger partial charge < -0.3 is 24.5 Å². The second-order valence-electron chi connectivity index (χ2n) is 5.90. The van der Waals surface area contributed by atoms with Crippen molar-refractivity contribution in [1.29, 1.82) is 0 Å². The van der Waals surface area contributed by atoms with Crippen LogP contribution in [0.25, 0.3) is 11.0 Å². The van der Waals surface area contributed by atoms with Crippen LogP contribution in [0.15, 0.2) is 53.1 Å². The Morgan fingerprint density at radius 2 is 2.08 bits per heavy atom. The van der Waals surface area contributed by atoms with Crippen molar-refractivity contribution in [2.45, 2.75) is 18.8 Å². The molecule has 8 heteroatoms. The van der Waals surface area contributed by atoms with E-state index in [1.165, 1.54) is 7.11 Å². The lowest BCUT2D eigenvalue weighted by molar-refractivity contribution is -0.120. The predicted molar refractivity (Wildman–Crippen MR) is 96.5 cm³/mol. The van der Waals surface area contributed by atoms with Crippen LogP contribution < -0.4 is 10.1 Å². The van der Waals surface area contributed by atoms with Gasteiger partial charge in [-0.25, -0.2) is 4.98 Å². The smallest absolute Gasteiger partial charge is 0.475 e. The number of furan rings is 1. The largest absolute Gasteiger partial charge is 0.481 e. The molecule has 134 valence electrons. The van der Waals surface area contributed by atoms with E-state index >= 15 is 0 Å². The number of hydrogen-bond donors (Lipinski definition) is 3. The monoisotopic (exact) mass is 354 g/mol. The van der Waals surface area contributed by atoms with E-state index in [0.29, 0.717) is 17.2 Å². The van der Waals surface area contributed by atoms with Crippen molar-refractivity contribution in [1.82, 2.24) is 10.3 Å². The third-order valence-corrected chi connectivity index (χ3v) is 4.04.